The van der Waals surface area contributed by atoms with Crippen LogP contribution in [0.25, 0.3) is 0 Å². The molecule has 2 rings (SSSR count). The van der Waals surface area contributed by atoms with Crippen molar-refractivity contribution in [3.05, 3.63) is 27.7 Å². The topological polar surface area (TPSA) is 63.4 Å². The van der Waals surface area contributed by atoms with Crippen molar-refractivity contribution in [3.8, 4) is 0 Å². The third kappa shape index (κ3) is 3.04. The number of nitrogens with zero attached hydrogens (tertiary/aromatic N) is 1. The van der Waals surface area contributed by atoms with Crippen LogP contribution in [0.15, 0.2) is 27.6 Å². The fourth-order valence-corrected chi connectivity index (χ4v) is 4.46. The molecule has 0 amide bonds. The lowest BCUT2D eigenvalue weighted by atomic mass is 9.81. The van der Waals surface area contributed by atoms with Gasteiger partial charge in [-0.15, -0.1) is 0 Å². The highest BCUT2D eigenvalue weighted by Crippen LogP contribution is 2.32. The maximum absolute atomic E-state index is 12.7. The second-order valence-corrected chi connectivity index (χ2v) is 9.00. The molecule has 1 saturated heterocycles. The molecule has 112 valence electrons. The second kappa shape index (κ2) is 5.57. The predicted molar refractivity (Wildman–Crippen MR) is 84.3 cm³/mol. The molecule has 1 heterocycles. The summed E-state index contributed by atoms with van der Waals surface area (Å²) in [5, 5.41) is 0.388. The fourth-order valence-electron chi connectivity index (χ4n) is 2.32. The van der Waals surface area contributed by atoms with Gasteiger partial charge in [-0.1, -0.05) is 25.4 Å². The average Bonchev–Trinajstić information content (AvgIpc) is 2.35. The first-order chi connectivity index (χ1) is 9.14. The second-order valence-electron chi connectivity index (χ2n) is 5.80. The van der Waals surface area contributed by atoms with E-state index < -0.39 is 10.0 Å². The Labute approximate surface area is 133 Å². The van der Waals surface area contributed by atoms with Crippen LogP contribution in [0.1, 0.15) is 20.3 Å². The van der Waals surface area contributed by atoms with E-state index in [1.807, 2.05) is 13.8 Å². The molecule has 1 aromatic carbocycles. The van der Waals surface area contributed by atoms with Crippen molar-refractivity contribution < 1.29 is 8.42 Å². The largest absolute Gasteiger partial charge is 0.327 e. The zero-order valence-corrected chi connectivity index (χ0v) is 14.6. The highest BCUT2D eigenvalue weighted by atomic mass is 79.9. The van der Waals surface area contributed by atoms with Crippen molar-refractivity contribution in [1.29, 1.82) is 0 Å². The standard InChI is InChI=1S/C13H18BrClN2O2S/c1-13(2)8-17(6-5-12(13)16)20(18,19)9-3-4-10(14)11(15)7-9/h3-4,7,12H,5-6,8,16H2,1-2H3. The minimum atomic E-state index is -3.52. The fraction of sp³-hybridized carbons (Fsp3) is 0.538. The van der Waals surface area contributed by atoms with E-state index in [4.69, 9.17) is 17.3 Å². The molecule has 20 heavy (non-hydrogen) atoms. The van der Waals surface area contributed by atoms with Crippen LogP contribution < -0.4 is 5.73 Å². The van der Waals surface area contributed by atoms with Crippen LogP contribution >= 0.6 is 27.5 Å². The van der Waals surface area contributed by atoms with Gasteiger partial charge in [0.25, 0.3) is 0 Å². The molecule has 0 bridgehead atoms. The predicted octanol–water partition coefficient (Wildman–Crippen LogP) is 2.85. The van der Waals surface area contributed by atoms with Gasteiger partial charge in [0.1, 0.15) is 0 Å². The number of benzene rings is 1. The van der Waals surface area contributed by atoms with E-state index in [2.05, 4.69) is 15.9 Å². The summed E-state index contributed by atoms with van der Waals surface area (Å²) in [7, 11) is -3.52. The molecule has 7 heteroatoms. The van der Waals surface area contributed by atoms with Gasteiger partial charge in [-0.05, 0) is 46.0 Å². The SMILES string of the molecule is CC1(C)CN(S(=O)(=O)c2ccc(Br)c(Cl)c2)CCC1N. The van der Waals surface area contributed by atoms with Crippen molar-refractivity contribution >= 4 is 37.6 Å². The van der Waals surface area contributed by atoms with Crippen LogP contribution in [-0.4, -0.2) is 31.9 Å². The third-order valence-electron chi connectivity index (χ3n) is 3.81. The number of rotatable bonds is 2. The van der Waals surface area contributed by atoms with E-state index in [1.54, 1.807) is 12.1 Å². The Bertz CT molecular complexity index is 619. The van der Waals surface area contributed by atoms with Crippen molar-refractivity contribution in [3.63, 3.8) is 0 Å². The first-order valence-electron chi connectivity index (χ1n) is 6.35. The Morgan fingerprint density at radius 2 is 2.10 bits per heavy atom. The number of halogens is 2. The zero-order valence-electron chi connectivity index (χ0n) is 11.4. The zero-order chi connectivity index (χ0) is 15.1. The molecule has 0 saturated carbocycles. The van der Waals surface area contributed by atoms with Crippen LogP contribution in [0.2, 0.25) is 5.02 Å². The summed E-state index contributed by atoms with van der Waals surface area (Å²) < 4.78 is 27.5. The molecule has 1 aliphatic rings. The van der Waals surface area contributed by atoms with Crippen molar-refractivity contribution in [2.45, 2.75) is 31.2 Å². The number of nitrogens with two attached hydrogens (primary N) is 1. The van der Waals surface area contributed by atoms with E-state index in [0.717, 1.165) is 0 Å². The summed E-state index contributed by atoms with van der Waals surface area (Å²) in [5.41, 5.74) is 5.82. The summed E-state index contributed by atoms with van der Waals surface area (Å²) in [6.45, 7) is 4.85. The summed E-state index contributed by atoms with van der Waals surface area (Å²) in [6, 6.07) is 4.70. The first kappa shape index (κ1) is 16.2. The summed E-state index contributed by atoms with van der Waals surface area (Å²) >= 11 is 9.25. The van der Waals surface area contributed by atoms with E-state index in [-0.39, 0.29) is 16.4 Å². The molecule has 1 aromatic rings. The summed E-state index contributed by atoms with van der Waals surface area (Å²) in [6.07, 6.45) is 0.663. The van der Waals surface area contributed by atoms with Crippen molar-refractivity contribution in [2.24, 2.45) is 11.1 Å². The van der Waals surface area contributed by atoms with Gasteiger partial charge in [0.05, 0.1) is 9.92 Å². The molecule has 0 aromatic heterocycles. The van der Waals surface area contributed by atoms with Gasteiger partial charge in [0.15, 0.2) is 0 Å². The highest BCUT2D eigenvalue weighted by Gasteiger charge is 2.38. The average molecular weight is 382 g/mol. The minimum Gasteiger partial charge on any atom is -0.327 e. The molecule has 0 aliphatic carbocycles. The maximum Gasteiger partial charge on any atom is 0.243 e. The molecular formula is C13H18BrClN2O2S. The minimum absolute atomic E-state index is 0.0162. The number of hydrogen-bond donors (Lipinski definition) is 1. The Morgan fingerprint density at radius 3 is 2.65 bits per heavy atom. The van der Waals surface area contributed by atoms with Gasteiger partial charge < -0.3 is 5.73 Å². The quantitative estimate of drug-likeness (QED) is 0.857. The van der Waals surface area contributed by atoms with Crippen LogP contribution in [0.5, 0.6) is 0 Å². The van der Waals surface area contributed by atoms with Gasteiger partial charge in [0.2, 0.25) is 10.0 Å². The van der Waals surface area contributed by atoms with Crippen LogP contribution in [-0.2, 0) is 10.0 Å². The van der Waals surface area contributed by atoms with Crippen LogP contribution in [0.3, 0.4) is 0 Å². The Kier molecular flexibility index (Phi) is 4.52. The van der Waals surface area contributed by atoms with Gasteiger partial charge in [0, 0.05) is 23.6 Å². The molecule has 1 fully saturated rings. The third-order valence-corrected chi connectivity index (χ3v) is 6.88. The van der Waals surface area contributed by atoms with Crippen LogP contribution in [0, 0.1) is 5.41 Å². The number of hydrogen-bond acceptors (Lipinski definition) is 3. The molecule has 1 aliphatic heterocycles. The smallest absolute Gasteiger partial charge is 0.243 e. The molecule has 2 N–H and O–H groups in total. The van der Waals surface area contributed by atoms with Crippen LogP contribution in [0.4, 0.5) is 0 Å². The monoisotopic (exact) mass is 380 g/mol. The lowest BCUT2D eigenvalue weighted by Crippen LogP contribution is -2.53. The maximum atomic E-state index is 12.7. The van der Waals surface area contributed by atoms with Gasteiger partial charge in [-0.3, -0.25) is 0 Å². The van der Waals surface area contributed by atoms with Gasteiger partial charge in [-0.25, -0.2) is 8.42 Å². The van der Waals surface area contributed by atoms with E-state index in [9.17, 15) is 8.42 Å². The Morgan fingerprint density at radius 1 is 1.45 bits per heavy atom. The Hall–Kier alpha value is -0.140. The van der Waals surface area contributed by atoms with Gasteiger partial charge >= 0.3 is 0 Å². The first-order valence-corrected chi connectivity index (χ1v) is 8.96. The number of piperidine rings is 1. The molecule has 1 unspecified atom stereocenters. The number of sulfonamides is 1. The summed E-state index contributed by atoms with van der Waals surface area (Å²) in [5.74, 6) is 0. The molecule has 4 nitrogen and oxygen atoms in total. The molecule has 1 atom stereocenters. The molecular weight excluding hydrogens is 364 g/mol. The normalized spacial score (nSPS) is 23.8. The van der Waals surface area contributed by atoms with Crippen molar-refractivity contribution in [1.82, 2.24) is 4.31 Å². The van der Waals surface area contributed by atoms with E-state index in [1.165, 1.54) is 10.4 Å². The van der Waals surface area contributed by atoms with Crippen molar-refractivity contribution in [2.75, 3.05) is 13.1 Å². The van der Waals surface area contributed by atoms with Gasteiger partial charge in [-0.2, -0.15) is 4.31 Å². The lowest BCUT2D eigenvalue weighted by Gasteiger charge is -2.41. The highest BCUT2D eigenvalue weighted by molar-refractivity contribution is 9.10. The lowest BCUT2D eigenvalue weighted by molar-refractivity contribution is 0.155. The van der Waals surface area contributed by atoms with E-state index in [0.29, 0.717) is 29.0 Å². The van der Waals surface area contributed by atoms with E-state index >= 15 is 0 Å². The summed E-state index contributed by atoms with van der Waals surface area (Å²) in [4.78, 5) is 0.219. The molecule has 0 radical (unpaired) electrons. The molecule has 0 spiro atoms. The Balaban J connectivity index is 2.33.